The summed E-state index contributed by atoms with van der Waals surface area (Å²) in [5, 5.41) is 1.36. The second-order valence-corrected chi connectivity index (χ2v) is 11.1. The Labute approximate surface area is 213 Å². The Morgan fingerprint density at radius 1 is 1.14 bits per heavy atom. The molecule has 4 heterocycles. The van der Waals surface area contributed by atoms with Crippen molar-refractivity contribution in [3.8, 4) is 0 Å². The number of ether oxygens (including phenoxy) is 1. The van der Waals surface area contributed by atoms with Crippen LogP contribution in [0.25, 0.3) is 10.2 Å². The lowest BCUT2D eigenvalue weighted by Gasteiger charge is -2.32. The molecule has 6 rings (SSSR count). The highest BCUT2D eigenvalue weighted by atomic mass is 35.5. The molecule has 0 amide bonds. The van der Waals surface area contributed by atoms with E-state index in [0.717, 1.165) is 68.4 Å². The van der Waals surface area contributed by atoms with E-state index in [1.54, 1.807) is 23.5 Å². The van der Waals surface area contributed by atoms with Gasteiger partial charge in [-0.1, -0.05) is 29.8 Å². The van der Waals surface area contributed by atoms with Crippen molar-refractivity contribution in [1.29, 1.82) is 0 Å². The van der Waals surface area contributed by atoms with Gasteiger partial charge in [-0.2, -0.15) is 0 Å². The molecule has 1 atom stereocenters. The number of halogens is 2. The second kappa shape index (κ2) is 9.97. The lowest BCUT2D eigenvalue weighted by molar-refractivity contribution is -0.0598. The maximum absolute atomic E-state index is 14.3. The minimum Gasteiger partial charge on any atom is -0.376 e. The van der Waals surface area contributed by atoms with Crippen LogP contribution < -0.4 is 0 Å². The first-order valence-corrected chi connectivity index (χ1v) is 13.5. The van der Waals surface area contributed by atoms with Crippen LogP contribution in [0.5, 0.6) is 0 Å². The van der Waals surface area contributed by atoms with Crippen LogP contribution in [0, 0.1) is 5.82 Å². The molecule has 2 aliphatic heterocycles. The molecule has 5 nitrogen and oxygen atoms in total. The van der Waals surface area contributed by atoms with Crippen LogP contribution in [0.2, 0.25) is 5.02 Å². The number of hydrogen-bond donors (Lipinski definition) is 0. The van der Waals surface area contributed by atoms with E-state index >= 15 is 0 Å². The SMILES string of the molecule is Fc1cc(Cl)ccc1Cc1nc2c(C3CCN(Cc4nccn4C[C@@H]4CCO4)CC3)cccc2s1. The van der Waals surface area contributed by atoms with Crippen molar-refractivity contribution in [3.63, 3.8) is 0 Å². The fraction of sp³-hybridized carbons (Fsp3) is 0.407. The number of likely N-dealkylation sites (tertiary alicyclic amines) is 1. The standard InChI is InChI=1S/C27H28ClFN4OS/c28-20-5-4-19(23(29)15-20)14-26-31-27-22(2-1-3-24(27)35-26)18-6-10-32(11-7-18)17-25-30-9-12-33(25)16-21-8-13-34-21/h1-5,9,12,15,18,21H,6-8,10-11,13-14,16-17H2/t21-/m0/s1. The van der Waals surface area contributed by atoms with Gasteiger partial charge in [0.1, 0.15) is 11.6 Å². The van der Waals surface area contributed by atoms with E-state index < -0.39 is 0 Å². The topological polar surface area (TPSA) is 43.2 Å². The highest BCUT2D eigenvalue weighted by Gasteiger charge is 2.25. The number of nitrogens with zero attached hydrogens (tertiary/aromatic N) is 4. The summed E-state index contributed by atoms with van der Waals surface area (Å²) in [5.41, 5.74) is 3.03. The molecule has 2 fully saturated rings. The summed E-state index contributed by atoms with van der Waals surface area (Å²) in [6.45, 7) is 4.75. The highest BCUT2D eigenvalue weighted by Crippen LogP contribution is 2.36. The van der Waals surface area contributed by atoms with E-state index in [-0.39, 0.29) is 5.82 Å². The van der Waals surface area contributed by atoms with Gasteiger partial charge in [0.05, 0.1) is 34.4 Å². The average molecular weight is 511 g/mol. The number of thiazole rings is 1. The molecule has 2 aromatic carbocycles. The summed E-state index contributed by atoms with van der Waals surface area (Å²) < 4.78 is 23.3. The number of imidazole rings is 1. The van der Waals surface area contributed by atoms with Gasteiger partial charge in [-0.15, -0.1) is 11.3 Å². The largest absolute Gasteiger partial charge is 0.376 e. The number of benzene rings is 2. The van der Waals surface area contributed by atoms with Gasteiger partial charge in [0.15, 0.2) is 0 Å². The monoisotopic (exact) mass is 510 g/mol. The molecule has 0 saturated carbocycles. The average Bonchev–Trinajstić information content (AvgIpc) is 3.44. The van der Waals surface area contributed by atoms with E-state index in [0.29, 0.717) is 29.0 Å². The lowest BCUT2D eigenvalue weighted by atomic mass is 9.89. The number of piperidine rings is 1. The molecule has 2 aromatic heterocycles. The molecule has 2 aliphatic rings. The number of hydrogen-bond acceptors (Lipinski definition) is 5. The summed E-state index contributed by atoms with van der Waals surface area (Å²) in [5.74, 6) is 1.34. The molecule has 2 saturated heterocycles. The molecule has 0 bridgehead atoms. The zero-order chi connectivity index (χ0) is 23.8. The molecule has 0 N–H and O–H groups in total. The third kappa shape index (κ3) is 5.00. The fourth-order valence-corrected chi connectivity index (χ4v) is 6.34. The van der Waals surface area contributed by atoms with Crippen molar-refractivity contribution in [2.75, 3.05) is 19.7 Å². The van der Waals surface area contributed by atoms with Crippen molar-refractivity contribution in [2.45, 2.75) is 50.8 Å². The number of aromatic nitrogens is 3. The van der Waals surface area contributed by atoms with Crippen molar-refractivity contribution < 1.29 is 9.13 Å². The molecule has 8 heteroatoms. The van der Waals surface area contributed by atoms with Gasteiger partial charge in [0, 0.05) is 30.4 Å². The quantitative estimate of drug-likeness (QED) is 0.304. The predicted molar refractivity (Wildman–Crippen MR) is 138 cm³/mol. The highest BCUT2D eigenvalue weighted by molar-refractivity contribution is 7.18. The van der Waals surface area contributed by atoms with Crippen LogP contribution in [0.3, 0.4) is 0 Å². The third-order valence-corrected chi connectivity index (χ3v) is 8.49. The van der Waals surface area contributed by atoms with E-state index in [4.69, 9.17) is 21.3 Å². The van der Waals surface area contributed by atoms with Gasteiger partial charge in [-0.3, -0.25) is 4.90 Å². The minimum absolute atomic E-state index is 0.273. The van der Waals surface area contributed by atoms with Crippen LogP contribution in [-0.2, 0) is 24.2 Å². The van der Waals surface area contributed by atoms with Crippen LogP contribution in [0.4, 0.5) is 4.39 Å². The molecule has 4 aromatic rings. The van der Waals surface area contributed by atoms with Crippen LogP contribution >= 0.6 is 22.9 Å². The Kier molecular flexibility index (Phi) is 6.58. The Morgan fingerprint density at radius 2 is 2.00 bits per heavy atom. The van der Waals surface area contributed by atoms with Gasteiger partial charge >= 0.3 is 0 Å². The molecule has 0 spiro atoms. The number of rotatable bonds is 7. The van der Waals surface area contributed by atoms with E-state index in [2.05, 4.69) is 38.8 Å². The van der Waals surface area contributed by atoms with Gasteiger partial charge in [0.25, 0.3) is 0 Å². The summed E-state index contributed by atoms with van der Waals surface area (Å²) in [6.07, 6.45) is 8.14. The van der Waals surface area contributed by atoms with Crippen LogP contribution in [-0.4, -0.2) is 45.2 Å². The van der Waals surface area contributed by atoms with Crippen molar-refractivity contribution in [2.24, 2.45) is 0 Å². The van der Waals surface area contributed by atoms with Crippen molar-refractivity contribution >= 4 is 33.2 Å². The fourth-order valence-electron chi connectivity index (χ4n) is 5.16. The normalized spacial score (nSPS) is 19.3. The van der Waals surface area contributed by atoms with Gasteiger partial charge in [-0.25, -0.2) is 14.4 Å². The molecule has 182 valence electrons. The lowest BCUT2D eigenvalue weighted by Crippen LogP contribution is -2.35. The first kappa shape index (κ1) is 23.1. The molecular formula is C27H28ClFN4OS. The van der Waals surface area contributed by atoms with E-state index in [1.807, 2.05) is 6.20 Å². The summed E-state index contributed by atoms with van der Waals surface area (Å²) in [4.78, 5) is 12.1. The van der Waals surface area contributed by atoms with Crippen molar-refractivity contribution in [3.05, 3.63) is 81.6 Å². The van der Waals surface area contributed by atoms with Gasteiger partial charge in [0.2, 0.25) is 0 Å². The first-order valence-electron chi connectivity index (χ1n) is 12.3. The Bertz CT molecular complexity index is 1330. The molecule has 0 unspecified atom stereocenters. The third-order valence-electron chi connectivity index (χ3n) is 7.24. The molecule has 0 radical (unpaired) electrons. The minimum atomic E-state index is -0.273. The zero-order valence-electron chi connectivity index (χ0n) is 19.5. The van der Waals surface area contributed by atoms with Gasteiger partial charge in [-0.05, 0) is 67.6 Å². The Balaban J connectivity index is 1.13. The first-order chi connectivity index (χ1) is 17.1. The van der Waals surface area contributed by atoms with Crippen molar-refractivity contribution in [1.82, 2.24) is 19.4 Å². The number of para-hydroxylation sites is 1. The smallest absolute Gasteiger partial charge is 0.128 e. The summed E-state index contributed by atoms with van der Waals surface area (Å²) in [7, 11) is 0. The van der Waals surface area contributed by atoms with Crippen LogP contribution in [0.1, 0.15) is 47.1 Å². The van der Waals surface area contributed by atoms with E-state index in [1.165, 1.54) is 16.3 Å². The second-order valence-electron chi connectivity index (χ2n) is 9.54. The maximum Gasteiger partial charge on any atom is 0.128 e. The predicted octanol–water partition coefficient (Wildman–Crippen LogP) is 6.04. The molecular weight excluding hydrogens is 483 g/mol. The number of fused-ring (bicyclic) bond motifs is 1. The summed E-state index contributed by atoms with van der Waals surface area (Å²) in [6, 6.07) is 11.3. The Hall–Kier alpha value is -2.32. The maximum atomic E-state index is 14.3. The van der Waals surface area contributed by atoms with E-state index in [9.17, 15) is 4.39 Å². The van der Waals surface area contributed by atoms with Crippen LogP contribution in [0.15, 0.2) is 48.8 Å². The zero-order valence-corrected chi connectivity index (χ0v) is 21.1. The Morgan fingerprint density at radius 3 is 2.77 bits per heavy atom. The summed E-state index contributed by atoms with van der Waals surface area (Å²) >= 11 is 7.57. The molecule has 0 aliphatic carbocycles. The molecule has 35 heavy (non-hydrogen) atoms. The van der Waals surface area contributed by atoms with Gasteiger partial charge < -0.3 is 9.30 Å².